The van der Waals surface area contributed by atoms with Gasteiger partial charge in [-0.2, -0.15) is 0 Å². The van der Waals surface area contributed by atoms with E-state index in [0.29, 0.717) is 30.8 Å². The third kappa shape index (κ3) is 6.39. The summed E-state index contributed by atoms with van der Waals surface area (Å²) < 4.78 is 12.1. The third-order valence-corrected chi connectivity index (χ3v) is 13.9. The van der Waals surface area contributed by atoms with E-state index in [9.17, 15) is 9.59 Å². The predicted octanol–water partition coefficient (Wildman–Crippen LogP) is 13.5. The average molecular weight is 843 g/mol. The number of benzene rings is 8. The molecule has 0 amide bonds. The molecule has 6 nitrogen and oxygen atoms in total. The molecule has 0 fully saturated rings. The molecule has 312 valence electrons. The Morgan fingerprint density at radius 3 is 1.23 bits per heavy atom. The number of ether oxygens (including phenoxy) is 2. The maximum absolute atomic E-state index is 14.2. The summed E-state index contributed by atoms with van der Waals surface area (Å²) in [5, 5.41) is 6.48. The van der Waals surface area contributed by atoms with Gasteiger partial charge in [-0.15, -0.1) is 0 Å². The summed E-state index contributed by atoms with van der Waals surface area (Å²) in [4.78, 5) is 39.5. The van der Waals surface area contributed by atoms with Crippen molar-refractivity contribution in [3.63, 3.8) is 0 Å². The molecular weight excluding hydrogens is 801 g/mol. The van der Waals surface area contributed by atoms with Crippen LogP contribution in [0.4, 0.5) is 0 Å². The van der Waals surface area contributed by atoms with E-state index in [0.717, 1.165) is 88.1 Å². The molecule has 2 aromatic heterocycles. The molecule has 2 atom stereocenters. The number of hydrogen-bond donors (Lipinski definition) is 0. The lowest BCUT2D eigenvalue weighted by molar-refractivity contribution is -0.135. The predicted molar refractivity (Wildman–Crippen MR) is 258 cm³/mol. The van der Waals surface area contributed by atoms with Gasteiger partial charge in [0.25, 0.3) is 0 Å². The number of para-hydroxylation sites is 4. The summed E-state index contributed by atoms with van der Waals surface area (Å²) >= 11 is 0. The number of carbonyl (C=O) groups is 2. The zero-order chi connectivity index (χ0) is 43.5. The first-order valence-electron chi connectivity index (χ1n) is 22.3. The topological polar surface area (TPSA) is 78.4 Å². The van der Waals surface area contributed by atoms with Gasteiger partial charge in [-0.05, 0) is 112 Å². The second-order valence-corrected chi connectivity index (χ2v) is 17.5. The van der Waals surface area contributed by atoms with Crippen LogP contribution in [0.15, 0.2) is 194 Å². The SMILES string of the molecule is O=C(CCC1(CC2(CCC(=O)Oc3ccccc3)c3cc4ccccc4nc3-c3c2ccc2ccccc32)c2cc3ccccc3nc2-c2c1ccc1ccccc21)Oc1ccccc1. The molecule has 0 saturated carbocycles. The van der Waals surface area contributed by atoms with E-state index in [1.807, 2.05) is 72.8 Å². The van der Waals surface area contributed by atoms with Crippen LogP contribution in [0, 0.1) is 0 Å². The fourth-order valence-electron chi connectivity index (χ4n) is 11.1. The summed E-state index contributed by atoms with van der Waals surface area (Å²) in [6.45, 7) is 0. The summed E-state index contributed by atoms with van der Waals surface area (Å²) in [7, 11) is 0. The highest BCUT2D eigenvalue weighted by atomic mass is 16.5. The summed E-state index contributed by atoms with van der Waals surface area (Å²) in [5.41, 5.74) is 8.52. The first-order valence-corrected chi connectivity index (χ1v) is 22.3. The van der Waals surface area contributed by atoms with Crippen molar-refractivity contribution in [2.45, 2.75) is 42.9 Å². The van der Waals surface area contributed by atoms with Crippen LogP contribution in [-0.2, 0) is 20.4 Å². The second kappa shape index (κ2) is 15.4. The van der Waals surface area contributed by atoms with Crippen LogP contribution in [-0.4, -0.2) is 21.9 Å². The number of carbonyl (C=O) groups excluding carboxylic acids is 2. The molecule has 0 bridgehead atoms. The smallest absolute Gasteiger partial charge is 0.311 e. The van der Waals surface area contributed by atoms with Gasteiger partial charge in [0, 0.05) is 45.6 Å². The number of nitrogens with zero attached hydrogens (tertiary/aromatic N) is 2. The molecular formula is C59H42N2O4. The van der Waals surface area contributed by atoms with Crippen molar-refractivity contribution in [3.8, 4) is 34.0 Å². The van der Waals surface area contributed by atoms with Crippen LogP contribution in [0.5, 0.6) is 11.5 Å². The van der Waals surface area contributed by atoms with Gasteiger partial charge in [0.1, 0.15) is 11.5 Å². The fourth-order valence-corrected chi connectivity index (χ4v) is 11.1. The van der Waals surface area contributed by atoms with Crippen LogP contribution in [0.2, 0.25) is 0 Å². The van der Waals surface area contributed by atoms with Crippen molar-refractivity contribution in [2.24, 2.45) is 0 Å². The largest absolute Gasteiger partial charge is 0.427 e. The monoisotopic (exact) mass is 842 g/mol. The Balaban J connectivity index is 1.14. The lowest BCUT2D eigenvalue weighted by Crippen LogP contribution is -2.39. The number of pyridine rings is 2. The van der Waals surface area contributed by atoms with Gasteiger partial charge in [0.05, 0.1) is 22.4 Å². The Morgan fingerprint density at radius 1 is 0.400 bits per heavy atom. The first-order chi connectivity index (χ1) is 32.0. The maximum Gasteiger partial charge on any atom is 0.311 e. The van der Waals surface area contributed by atoms with Gasteiger partial charge in [-0.3, -0.25) is 9.59 Å². The molecule has 2 heterocycles. The number of aromatic nitrogens is 2. The van der Waals surface area contributed by atoms with Gasteiger partial charge in [-0.25, -0.2) is 9.97 Å². The molecule has 12 rings (SSSR count). The lowest BCUT2D eigenvalue weighted by atomic mass is 9.59. The normalized spacial score (nSPS) is 16.9. The summed E-state index contributed by atoms with van der Waals surface area (Å²) in [6.07, 6.45) is 1.62. The van der Waals surface area contributed by atoms with Crippen LogP contribution in [0.1, 0.15) is 54.4 Å². The summed E-state index contributed by atoms with van der Waals surface area (Å²) in [5.74, 6) is 0.390. The average Bonchev–Trinajstić information content (AvgIpc) is 3.77. The van der Waals surface area contributed by atoms with Crippen molar-refractivity contribution in [1.29, 1.82) is 0 Å². The Kier molecular flexibility index (Phi) is 9.16. The van der Waals surface area contributed by atoms with Gasteiger partial charge < -0.3 is 9.47 Å². The van der Waals surface area contributed by atoms with Crippen molar-refractivity contribution in [2.75, 3.05) is 0 Å². The number of hydrogen-bond acceptors (Lipinski definition) is 6. The molecule has 2 aliphatic carbocycles. The quantitative estimate of drug-likeness (QED) is 0.101. The van der Waals surface area contributed by atoms with Crippen molar-refractivity contribution in [3.05, 3.63) is 216 Å². The third-order valence-electron chi connectivity index (χ3n) is 13.9. The van der Waals surface area contributed by atoms with Gasteiger partial charge >= 0.3 is 11.9 Å². The Hall–Kier alpha value is -7.96. The number of esters is 2. The minimum absolute atomic E-state index is 0.132. The van der Waals surface area contributed by atoms with Crippen molar-refractivity contribution in [1.82, 2.24) is 9.97 Å². The highest BCUT2D eigenvalue weighted by molar-refractivity contribution is 6.05. The standard InChI is InChI=1S/C59H42N2O4/c62-52(64-42-19-3-1-4-20-42)31-33-58(46-29-27-38-15-7-11-23-44(38)54(46)56-48(58)35-40-17-9-13-25-50(40)60-56)37-59(34-32-53(63)65-43-21-5-2-6-22-43)47-30-28-39-16-8-12-24-45(39)55(47)57-49(59)36-41-18-10-14-26-51(41)61-57/h1-30,35-36H,31-34,37H2. The summed E-state index contributed by atoms with van der Waals surface area (Å²) in [6, 6.07) is 65.7. The molecule has 10 aromatic rings. The van der Waals surface area contributed by atoms with Gasteiger partial charge in [-0.1, -0.05) is 146 Å². The van der Waals surface area contributed by atoms with E-state index in [2.05, 4.69) is 121 Å². The minimum Gasteiger partial charge on any atom is -0.427 e. The van der Waals surface area contributed by atoms with Crippen LogP contribution in [0.3, 0.4) is 0 Å². The zero-order valence-corrected chi connectivity index (χ0v) is 35.5. The molecule has 0 aliphatic heterocycles. The van der Waals surface area contributed by atoms with Gasteiger partial charge in [0.2, 0.25) is 0 Å². The first kappa shape index (κ1) is 38.7. The molecule has 2 aliphatic rings. The maximum atomic E-state index is 14.2. The van der Waals surface area contributed by atoms with E-state index in [-0.39, 0.29) is 24.8 Å². The van der Waals surface area contributed by atoms with Crippen LogP contribution < -0.4 is 9.47 Å². The lowest BCUT2D eigenvalue weighted by Gasteiger charge is -2.42. The van der Waals surface area contributed by atoms with E-state index >= 15 is 0 Å². The molecule has 0 N–H and O–H groups in total. The fraction of sp³-hybridized carbons (Fsp3) is 0.119. The Labute approximate surface area is 376 Å². The van der Waals surface area contributed by atoms with Gasteiger partial charge in [0.15, 0.2) is 0 Å². The second-order valence-electron chi connectivity index (χ2n) is 17.5. The minimum atomic E-state index is -0.805. The van der Waals surface area contributed by atoms with Crippen LogP contribution >= 0.6 is 0 Å². The molecule has 0 spiro atoms. The number of rotatable bonds is 10. The molecule has 2 unspecified atom stereocenters. The van der Waals surface area contributed by atoms with E-state index in [4.69, 9.17) is 19.4 Å². The Bertz CT molecular complexity index is 3300. The van der Waals surface area contributed by atoms with E-state index in [1.54, 1.807) is 0 Å². The molecule has 0 saturated heterocycles. The highest BCUT2D eigenvalue weighted by Crippen LogP contribution is 2.63. The molecule has 6 heteroatoms. The van der Waals surface area contributed by atoms with Crippen LogP contribution in [0.25, 0.3) is 65.9 Å². The Morgan fingerprint density at radius 2 is 0.785 bits per heavy atom. The van der Waals surface area contributed by atoms with E-state index in [1.165, 1.54) is 0 Å². The number of fused-ring (bicyclic) bond motifs is 12. The molecule has 0 radical (unpaired) electrons. The van der Waals surface area contributed by atoms with Crippen molar-refractivity contribution < 1.29 is 19.1 Å². The molecule has 8 aromatic carbocycles. The highest BCUT2D eigenvalue weighted by Gasteiger charge is 2.54. The van der Waals surface area contributed by atoms with Crippen molar-refractivity contribution >= 4 is 55.3 Å². The van der Waals surface area contributed by atoms with E-state index < -0.39 is 10.8 Å². The zero-order valence-electron chi connectivity index (χ0n) is 35.5. The molecule has 65 heavy (non-hydrogen) atoms.